The number of hydrogen-bond acceptors (Lipinski definition) is 3. The van der Waals surface area contributed by atoms with Crippen LogP contribution in [0.5, 0.6) is 0 Å². The molecule has 2 aliphatic heterocycles. The highest BCUT2D eigenvalue weighted by molar-refractivity contribution is 5.87. The van der Waals surface area contributed by atoms with Crippen molar-refractivity contribution >= 4 is 24.2 Å². The zero-order valence-electron chi connectivity index (χ0n) is 15.5. The Morgan fingerprint density at radius 3 is 2.42 bits per heavy atom. The molecule has 0 unspecified atom stereocenters. The molecule has 3 atom stereocenters. The van der Waals surface area contributed by atoms with Crippen LogP contribution in [0.4, 0.5) is 0 Å². The lowest BCUT2D eigenvalue weighted by Crippen LogP contribution is -2.59. The molecule has 3 fully saturated rings. The average molecular weight is 378 g/mol. The average Bonchev–Trinajstić information content (AvgIpc) is 3.10. The van der Waals surface area contributed by atoms with Crippen molar-refractivity contribution in [2.24, 2.45) is 17.6 Å². The number of amides is 2. The van der Waals surface area contributed by atoms with E-state index >= 15 is 0 Å². The van der Waals surface area contributed by atoms with Gasteiger partial charge < -0.3 is 15.5 Å². The van der Waals surface area contributed by atoms with Crippen molar-refractivity contribution in [3.05, 3.63) is 35.4 Å². The Kier molecular flexibility index (Phi) is 5.06. The van der Waals surface area contributed by atoms with Gasteiger partial charge in [0.05, 0.1) is 11.6 Å². The van der Waals surface area contributed by atoms with Gasteiger partial charge in [-0.2, -0.15) is 0 Å². The highest BCUT2D eigenvalue weighted by atomic mass is 35.5. The standard InChI is InChI=1S/C20H27N3O2.ClH/c1-13-6-3-4-7-16(13)18-17-12-22(19(25)20(21)8-5-9-20)10-15(17)11-23(18)14(2)24;/h3-4,6-7,15,17-18H,5,8-12,21H2,1-2H3;1H/t15-,17-,18+;/m1./s1. The van der Waals surface area contributed by atoms with Crippen molar-refractivity contribution in [3.63, 3.8) is 0 Å². The Labute approximate surface area is 161 Å². The number of rotatable bonds is 2. The van der Waals surface area contributed by atoms with E-state index in [9.17, 15) is 9.59 Å². The van der Waals surface area contributed by atoms with Gasteiger partial charge in [0.2, 0.25) is 11.8 Å². The molecule has 2 saturated heterocycles. The summed E-state index contributed by atoms with van der Waals surface area (Å²) in [6, 6.07) is 8.36. The van der Waals surface area contributed by atoms with Gasteiger partial charge in [-0.25, -0.2) is 0 Å². The van der Waals surface area contributed by atoms with Gasteiger partial charge in [-0.3, -0.25) is 9.59 Å². The summed E-state index contributed by atoms with van der Waals surface area (Å²) in [5.74, 6) is 0.889. The molecular formula is C20H28ClN3O2. The van der Waals surface area contributed by atoms with E-state index in [0.29, 0.717) is 18.4 Å². The molecule has 2 heterocycles. The molecule has 142 valence electrons. The molecule has 2 N–H and O–H groups in total. The predicted octanol–water partition coefficient (Wildman–Crippen LogP) is 2.28. The number of nitrogens with two attached hydrogens (primary N) is 1. The first-order valence-electron chi connectivity index (χ1n) is 9.32. The molecule has 26 heavy (non-hydrogen) atoms. The molecule has 0 spiro atoms. The minimum atomic E-state index is -0.628. The monoisotopic (exact) mass is 377 g/mol. The first kappa shape index (κ1) is 19.2. The van der Waals surface area contributed by atoms with E-state index in [0.717, 1.165) is 32.4 Å². The molecule has 5 nitrogen and oxygen atoms in total. The van der Waals surface area contributed by atoms with E-state index in [2.05, 4.69) is 19.1 Å². The highest BCUT2D eigenvalue weighted by Gasteiger charge is 2.52. The van der Waals surface area contributed by atoms with E-state index in [1.165, 1.54) is 11.1 Å². The Morgan fingerprint density at radius 1 is 1.15 bits per heavy atom. The van der Waals surface area contributed by atoms with Gasteiger partial charge in [0.25, 0.3) is 0 Å². The second-order valence-electron chi connectivity index (χ2n) is 8.12. The summed E-state index contributed by atoms with van der Waals surface area (Å²) in [6.45, 7) is 5.93. The van der Waals surface area contributed by atoms with E-state index in [1.54, 1.807) is 6.92 Å². The van der Waals surface area contributed by atoms with Crippen LogP contribution in [0, 0.1) is 18.8 Å². The fourth-order valence-electron chi connectivity index (χ4n) is 4.94. The van der Waals surface area contributed by atoms with E-state index in [4.69, 9.17) is 5.73 Å². The minimum absolute atomic E-state index is 0. The number of carbonyl (C=O) groups is 2. The quantitative estimate of drug-likeness (QED) is 0.859. The lowest BCUT2D eigenvalue weighted by molar-refractivity contribution is -0.139. The van der Waals surface area contributed by atoms with Crippen molar-refractivity contribution in [1.29, 1.82) is 0 Å². The van der Waals surface area contributed by atoms with Gasteiger partial charge in [0.15, 0.2) is 0 Å². The first-order chi connectivity index (χ1) is 11.9. The minimum Gasteiger partial charge on any atom is -0.340 e. The van der Waals surface area contributed by atoms with Crippen LogP contribution in [0.15, 0.2) is 24.3 Å². The van der Waals surface area contributed by atoms with Crippen LogP contribution >= 0.6 is 12.4 Å². The maximum absolute atomic E-state index is 12.8. The van der Waals surface area contributed by atoms with Crippen molar-refractivity contribution in [3.8, 4) is 0 Å². The molecule has 1 aromatic rings. The molecule has 0 radical (unpaired) electrons. The summed E-state index contributed by atoms with van der Waals surface area (Å²) in [7, 11) is 0. The van der Waals surface area contributed by atoms with E-state index in [1.807, 2.05) is 21.9 Å². The number of aryl methyl sites for hydroxylation is 1. The molecule has 2 amide bonds. The van der Waals surface area contributed by atoms with Crippen LogP contribution in [0.1, 0.15) is 43.4 Å². The van der Waals surface area contributed by atoms with Crippen LogP contribution < -0.4 is 5.73 Å². The van der Waals surface area contributed by atoms with Crippen LogP contribution in [0.25, 0.3) is 0 Å². The summed E-state index contributed by atoms with van der Waals surface area (Å²) >= 11 is 0. The fourth-order valence-corrected chi connectivity index (χ4v) is 4.94. The molecule has 3 aliphatic rings. The van der Waals surface area contributed by atoms with Crippen molar-refractivity contribution in [2.75, 3.05) is 19.6 Å². The maximum atomic E-state index is 12.8. The van der Waals surface area contributed by atoms with Gasteiger partial charge in [-0.1, -0.05) is 24.3 Å². The van der Waals surface area contributed by atoms with Gasteiger partial charge in [-0.15, -0.1) is 12.4 Å². The molecular weight excluding hydrogens is 350 g/mol. The normalized spacial score (nSPS) is 29.0. The molecule has 1 aromatic carbocycles. The Morgan fingerprint density at radius 2 is 1.85 bits per heavy atom. The summed E-state index contributed by atoms with van der Waals surface area (Å²) in [6.07, 6.45) is 2.66. The van der Waals surface area contributed by atoms with Crippen LogP contribution in [-0.2, 0) is 9.59 Å². The number of hydrogen-bond donors (Lipinski definition) is 1. The lowest BCUT2D eigenvalue weighted by Gasteiger charge is -2.40. The number of likely N-dealkylation sites (tertiary alicyclic amines) is 2. The van der Waals surface area contributed by atoms with Crippen molar-refractivity contribution in [1.82, 2.24) is 9.80 Å². The predicted molar refractivity (Wildman–Crippen MR) is 103 cm³/mol. The maximum Gasteiger partial charge on any atom is 0.242 e. The number of carbonyl (C=O) groups excluding carboxylic acids is 2. The summed E-state index contributed by atoms with van der Waals surface area (Å²) in [4.78, 5) is 29.0. The van der Waals surface area contributed by atoms with Gasteiger partial charge in [-0.05, 0) is 37.3 Å². The van der Waals surface area contributed by atoms with E-state index < -0.39 is 5.54 Å². The third kappa shape index (κ3) is 2.91. The lowest BCUT2D eigenvalue weighted by atomic mass is 9.76. The fraction of sp³-hybridized carbons (Fsp3) is 0.600. The largest absolute Gasteiger partial charge is 0.340 e. The molecule has 0 aromatic heterocycles. The topological polar surface area (TPSA) is 66.6 Å². The second kappa shape index (κ2) is 6.86. The Hall–Kier alpha value is -1.59. The van der Waals surface area contributed by atoms with Crippen molar-refractivity contribution < 1.29 is 9.59 Å². The third-order valence-electron chi connectivity index (χ3n) is 6.53. The Bertz CT molecular complexity index is 719. The molecule has 0 bridgehead atoms. The summed E-state index contributed by atoms with van der Waals surface area (Å²) in [5, 5.41) is 0. The number of halogens is 1. The zero-order valence-corrected chi connectivity index (χ0v) is 16.3. The Balaban J connectivity index is 0.00000196. The number of nitrogens with zero attached hydrogens (tertiary/aromatic N) is 2. The number of benzene rings is 1. The van der Waals surface area contributed by atoms with Crippen LogP contribution in [0.3, 0.4) is 0 Å². The highest BCUT2D eigenvalue weighted by Crippen LogP contribution is 2.46. The van der Waals surface area contributed by atoms with Crippen molar-refractivity contribution in [2.45, 2.75) is 44.7 Å². The van der Waals surface area contributed by atoms with Gasteiger partial charge in [0.1, 0.15) is 0 Å². The zero-order chi connectivity index (χ0) is 17.8. The van der Waals surface area contributed by atoms with Gasteiger partial charge in [0, 0.05) is 38.4 Å². The first-order valence-corrected chi connectivity index (χ1v) is 9.32. The summed E-state index contributed by atoms with van der Waals surface area (Å²) in [5.41, 5.74) is 8.06. The second-order valence-corrected chi connectivity index (χ2v) is 8.12. The smallest absolute Gasteiger partial charge is 0.242 e. The third-order valence-corrected chi connectivity index (χ3v) is 6.53. The van der Waals surface area contributed by atoms with Crippen LogP contribution in [0.2, 0.25) is 0 Å². The molecule has 6 heteroatoms. The SMILES string of the molecule is CC(=O)N1C[C@H]2CN(C(=O)C3(N)CCC3)C[C@H]2[C@@H]1c1ccccc1C.Cl. The van der Waals surface area contributed by atoms with Crippen LogP contribution in [-0.4, -0.2) is 46.8 Å². The summed E-state index contributed by atoms with van der Waals surface area (Å²) < 4.78 is 0. The molecule has 1 aliphatic carbocycles. The van der Waals surface area contributed by atoms with Gasteiger partial charge >= 0.3 is 0 Å². The molecule has 1 saturated carbocycles. The molecule has 4 rings (SSSR count). The van der Waals surface area contributed by atoms with E-state index in [-0.39, 0.29) is 30.3 Å². The number of fused-ring (bicyclic) bond motifs is 1.